The molecule has 1 heterocycles. The maximum atomic E-state index is 5.93. The van der Waals surface area contributed by atoms with Gasteiger partial charge in [-0.2, -0.15) is 0 Å². The predicted molar refractivity (Wildman–Crippen MR) is 128 cm³/mol. The van der Waals surface area contributed by atoms with Crippen molar-refractivity contribution in [1.29, 1.82) is 0 Å². The van der Waals surface area contributed by atoms with Crippen LogP contribution in [0.25, 0.3) is 0 Å². The Hall–Kier alpha value is -1.51. The third-order valence-electron chi connectivity index (χ3n) is 4.63. The first kappa shape index (κ1) is 22.8. The van der Waals surface area contributed by atoms with Crippen molar-refractivity contribution in [1.82, 2.24) is 10.6 Å². The molecule has 0 aliphatic carbocycles. The van der Waals surface area contributed by atoms with Crippen LogP contribution in [-0.4, -0.2) is 45.9 Å². The SMILES string of the molecule is CN=C(NCCc1ccc(Cl)cc1)NCc1ccccc1N1CCOCC1.I. The Bertz CT molecular complexity index is 748. The molecule has 1 saturated heterocycles. The molecular weight excluding hydrogens is 487 g/mol. The standard InChI is InChI=1S/C21H27ClN4O.HI/c1-23-21(24-11-10-17-6-8-19(22)9-7-17)25-16-18-4-2-3-5-20(18)26-12-14-27-15-13-26;/h2-9H,10-16H2,1H3,(H2,23,24,25);1H. The third-order valence-corrected chi connectivity index (χ3v) is 4.88. The molecule has 2 aromatic rings. The number of para-hydroxylation sites is 1. The second-order valence-electron chi connectivity index (χ2n) is 6.46. The average molecular weight is 515 g/mol. The van der Waals surface area contributed by atoms with E-state index in [1.54, 1.807) is 7.05 Å². The molecule has 1 aliphatic heterocycles. The molecule has 0 unspecified atom stereocenters. The van der Waals surface area contributed by atoms with Crippen molar-refractivity contribution in [2.75, 3.05) is 44.8 Å². The summed E-state index contributed by atoms with van der Waals surface area (Å²) in [4.78, 5) is 6.72. The van der Waals surface area contributed by atoms with E-state index in [0.29, 0.717) is 0 Å². The van der Waals surface area contributed by atoms with E-state index in [2.05, 4.69) is 56.9 Å². The van der Waals surface area contributed by atoms with E-state index in [1.807, 2.05) is 12.1 Å². The van der Waals surface area contributed by atoms with Gasteiger partial charge in [-0.25, -0.2) is 0 Å². The summed E-state index contributed by atoms with van der Waals surface area (Å²) in [5, 5.41) is 7.56. The number of aliphatic imine (C=N–C) groups is 1. The minimum atomic E-state index is 0. The summed E-state index contributed by atoms with van der Waals surface area (Å²) >= 11 is 5.93. The average Bonchev–Trinajstić information content (AvgIpc) is 2.73. The monoisotopic (exact) mass is 514 g/mol. The number of anilines is 1. The van der Waals surface area contributed by atoms with Gasteiger partial charge in [0.2, 0.25) is 0 Å². The zero-order valence-corrected chi connectivity index (χ0v) is 19.2. The van der Waals surface area contributed by atoms with Gasteiger partial charge >= 0.3 is 0 Å². The molecule has 0 atom stereocenters. The molecule has 7 heteroatoms. The maximum absolute atomic E-state index is 5.93. The number of hydrogen-bond acceptors (Lipinski definition) is 3. The Morgan fingerprint density at radius 2 is 1.79 bits per heavy atom. The lowest BCUT2D eigenvalue weighted by atomic mass is 10.1. The Morgan fingerprint density at radius 1 is 1.07 bits per heavy atom. The highest BCUT2D eigenvalue weighted by Gasteiger charge is 2.14. The van der Waals surface area contributed by atoms with Crippen molar-refractivity contribution in [3.8, 4) is 0 Å². The summed E-state index contributed by atoms with van der Waals surface area (Å²) in [6, 6.07) is 16.5. The van der Waals surface area contributed by atoms with Crippen molar-refractivity contribution in [3.05, 3.63) is 64.7 Å². The minimum Gasteiger partial charge on any atom is -0.378 e. The minimum absolute atomic E-state index is 0. The fourth-order valence-corrected chi connectivity index (χ4v) is 3.27. The molecular formula is C21H28ClIN4O. The summed E-state index contributed by atoms with van der Waals surface area (Å²) in [5.74, 6) is 0.806. The van der Waals surface area contributed by atoms with Crippen LogP contribution in [0.5, 0.6) is 0 Å². The van der Waals surface area contributed by atoms with Crippen LogP contribution in [0, 0.1) is 0 Å². The summed E-state index contributed by atoms with van der Waals surface area (Å²) in [7, 11) is 1.80. The fraction of sp³-hybridized carbons (Fsp3) is 0.381. The lowest BCUT2D eigenvalue weighted by Gasteiger charge is -2.30. The van der Waals surface area contributed by atoms with Crippen LogP contribution >= 0.6 is 35.6 Å². The van der Waals surface area contributed by atoms with Gasteiger partial charge in [-0.15, -0.1) is 24.0 Å². The molecule has 0 radical (unpaired) electrons. The zero-order valence-electron chi connectivity index (χ0n) is 16.2. The summed E-state index contributed by atoms with van der Waals surface area (Å²) in [6.45, 7) is 4.99. The molecule has 28 heavy (non-hydrogen) atoms. The highest BCUT2D eigenvalue weighted by atomic mass is 127. The van der Waals surface area contributed by atoms with Crippen LogP contribution < -0.4 is 15.5 Å². The largest absolute Gasteiger partial charge is 0.378 e. The van der Waals surface area contributed by atoms with Crippen molar-refractivity contribution < 1.29 is 4.74 Å². The van der Waals surface area contributed by atoms with E-state index >= 15 is 0 Å². The van der Waals surface area contributed by atoms with Crippen molar-refractivity contribution >= 4 is 47.2 Å². The van der Waals surface area contributed by atoms with E-state index in [4.69, 9.17) is 16.3 Å². The van der Waals surface area contributed by atoms with Crippen LogP contribution in [0.1, 0.15) is 11.1 Å². The first-order chi connectivity index (χ1) is 13.3. The van der Waals surface area contributed by atoms with E-state index in [-0.39, 0.29) is 24.0 Å². The molecule has 1 fully saturated rings. The Labute approximate surface area is 189 Å². The third kappa shape index (κ3) is 6.83. The quantitative estimate of drug-likeness (QED) is 0.351. The van der Waals surface area contributed by atoms with Gasteiger partial charge in [0.1, 0.15) is 0 Å². The number of rotatable bonds is 6. The van der Waals surface area contributed by atoms with Crippen LogP contribution in [0.15, 0.2) is 53.5 Å². The first-order valence-electron chi connectivity index (χ1n) is 9.36. The molecule has 0 saturated carbocycles. The van der Waals surface area contributed by atoms with Crippen LogP contribution in [0.4, 0.5) is 5.69 Å². The van der Waals surface area contributed by atoms with Crippen molar-refractivity contribution in [2.24, 2.45) is 4.99 Å². The number of guanidine groups is 1. The molecule has 0 amide bonds. The molecule has 5 nitrogen and oxygen atoms in total. The topological polar surface area (TPSA) is 48.9 Å². The van der Waals surface area contributed by atoms with E-state index in [0.717, 1.165) is 56.8 Å². The lowest BCUT2D eigenvalue weighted by molar-refractivity contribution is 0.122. The maximum Gasteiger partial charge on any atom is 0.191 e. The normalized spacial score (nSPS) is 14.4. The van der Waals surface area contributed by atoms with E-state index in [9.17, 15) is 0 Å². The van der Waals surface area contributed by atoms with Crippen LogP contribution in [0.2, 0.25) is 5.02 Å². The first-order valence-corrected chi connectivity index (χ1v) is 9.73. The molecule has 2 N–H and O–H groups in total. The number of nitrogens with zero attached hydrogens (tertiary/aromatic N) is 2. The Kier molecular flexibility index (Phi) is 9.87. The van der Waals surface area contributed by atoms with Gasteiger partial charge in [0.05, 0.1) is 13.2 Å². The smallest absolute Gasteiger partial charge is 0.191 e. The van der Waals surface area contributed by atoms with Gasteiger partial charge in [0.25, 0.3) is 0 Å². The Morgan fingerprint density at radius 3 is 2.50 bits per heavy atom. The lowest BCUT2D eigenvalue weighted by Crippen LogP contribution is -2.39. The van der Waals surface area contributed by atoms with Gasteiger partial charge in [0.15, 0.2) is 5.96 Å². The number of nitrogens with one attached hydrogen (secondary N) is 2. The van der Waals surface area contributed by atoms with Gasteiger partial charge < -0.3 is 20.3 Å². The molecule has 0 spiro atoms. The molecule has 0 aromatic heterocycles. The number of ether oxygens (including phenoxy) is 1. The van der Waals surface area contributed by atoms with Crippen LogP contribution in [0.3, 0.4) is 0 Å². The Balaban J connectivity index is 0.00000280. The molecule has 3 rings (SSSR count). The van der Waals surface area contributed by atoms with Gasteiger partial charge in [0, 0.05) is 43.9 Å². The second-order valence-corrected chi connectivity index (χ2v) is 6.89. The fourth-order valence-electron chi connectivity index (χ4n) is 3.15. The summed E-state index contributed by atoms with van der Waals surface area (Å²) < 4.78 is 5.47. The summed E-state index contributed by atoms with van der Waals surface area (Å²) in [5.41, 5.74) is 3.78. The van der Waals surface area contributed by atoms with Crippen molar-refractivity contribution in [3.63, 3.8) is 0 Å². The summed E-state index contributed by atoms with van der Waals surface area (Å²) in [6.07, 6.45) is 0.919. The number of halogens is 2. The highest BCUT2D eigenvalue weighted by molar-refractivity contribution is 14.0. The van der Waals surface area contributed by atoms with Gasteiger partial charge in [-0.1, -0.05) is 41.9 Å². The predicted octanol–water partition coefficient (Wildman–Crippen LogP) is 3.70. The highest BCUT2D eigenvalue weighted by Crippen LogP contribution is 2.21. The molecule has 1 aliphatic rings. The molecule has 152 valence electrons. The van der Waals surface area contributed by atoms with E-state index < -0.39 is 0 Å². The molecule has 2 aromatic carbocycles. The van der Waals surface area contributed by atoms with Gasteiger partial charge in [-0.05, 0) is 35.7 Å². The van der Waals surface area contributed by atoms with Crippen molar-refractivity contribution in [2.45, 2.75) is 13.0 Å². The number of benzene rings is 2. The molecule has 0 bridgehead atoms. The number of hydrogen-bond donors (Lipinski definition) is 2. The number of morpholine rings is 1. The zero-order chi connectivity index (χ0) is 18.9. The van der Waals surface area contributed by atoms with Crippen LogP contribution in [-0.2, 0) is 17.7 Å². The second kappa shape index (κ2) is 12.1. The van der Waals surface area contributed by atoms with Gasteiger partial charge in [-0.3, -0.25) is 4.99 Å². The van der Waals surface area contributed by atoms with E-state index in [1.165, 1.54) is 16.8 Å².